The summed E-state index contributed by atoms with van der Waals surface area (Å²) in [5.41, 5.74) is 0.830. The minimum atomic E-state index is -0.315. The molecule has 1 N–H and O–H groups in total. The predicted molar refractivity (Wildman–Crippen MR) is 111 cm³/mol. The summed E-state index contributed by atoms with van der Waals surface area (Å²) in [5.74, 6) is 1.41. The van der Waals surface area contributed by atoms with Crippen LogP contribution >= 0.6 is 11.6 Å². The quantitative estimate of drug-likeness (QED) is 0.520. The van der Waals surface area contributed by atoms with E-state index in [4.69, 9.17) is 16.3 Å². The van der Waals surface area contributed by atoms with Crippen molar-refractivity contribution < 1.29 is 9.53 Å². The molecule has 4 nitrogen and oxygen atoms in total. The van der Waals surface area contributed by atoms with E-state index in [2.05, 4.69) is 12.2 Å². The molecule has 2 aromatic carbocycles. The van der Waals surface area contributed by atoms with E-state index in [1.165, 1.54) is 6.42 Å². The van der Waals surface area contributed by atoms with Gasteiger partial charge in [0, 0.05) is 11.1 Å². The van der Waals surface area contributed by atoms with Crippen molar-refractivity contribution in [3.63, 3.8) is 0 Å². The molecule has 3 rings (SSSR count). The van der Waals surface area contributed by atoms with Crippen molar-refractivity contribution in [1.82, 2.24) is 5.32 Å². The Balaban J connectivity index is 1.72. The number of carbonyl (C=O) groups is 1. The zero-order valence-electron chi connectivity index (χ0n) is 15.8. The highest BCUT2D eigenvalue weighted by Gasteiger charge is 2.24. The number of carbonyl (C=O) groups excluding carboxylic acids is 1. The van der Waals surface area contributed by atoms with E-state index in [1.54, 1.807) is 36.4 Å². The van der Waals surface area contributed by atoms with Gasteiger partial charge in [0.05, 0.1) is 0 Å². The van der Waals surface area contributed by atoms with E-state index in [9.17, 15) is 10.1 Å². The minimum absolute atomic E-state index is 0.0985. The molecule has 1 aliphatic rings. The Labute approximate surface area is 170 Å². The van der Waals surface area contributed by atoms with Crippen LogP contribution < -0.4 is 10.1 Å². The molecule has 144 valence electrons. The summed E-state index contributed by atoms with van der Waals surface area (Å²) in [6.45, 7) is 2.15. The van der Waals surface area contributed by atoms with Crippen LogP contribution in [0.2, 0.25) is 5.02 Å². The molecule has 0 heterocycles. The summed E-state index contributed by atoms with van der Waals surface area (Å²) >= 11 is 5.89. The number of ether oxygens (including phenoxy) is 1. The van der Waals surface area contributed by atoms with Gasteiger partial charge in [-0.1, -0.05) is 43.5 Å². The van der Waals surface area contributed by atoms with Gasteiger partial charge in [-0.3, -0.25) is 4.79 Å². The molecule has 0 saturated heterocycles. The number of hydrogen-bond acceptors (Lipinski definition) is 3. The van der Waals surface area contributed by atoms with Crippen molar-refractivity contribution in [3.05, 3.63) is 64.7 Å². The number of nitrogens with one attached hydrogen (secondary N) is 1. The molecule has 0 aromatic heterocycles. The smallest absolute Gasteiger partial charge is 0.262 e. The highest BCUT2D eigenvalue weighted by atomic mass is 35.5. The summed E-state index contributed by atoms with van der Waals surface area (Å²) in [5, 5.41) is 13.1. The first-order valence-electron chi connectivity index (χ1n) is 9.51. The summed E-state index contributed by atoms with van der Waals surface area (Å²) in [6, 6.07) is 16.5. The third-order valence-corrected chi connectivity index (χ3v) is 5.26. The van der Waals surface area contributed by atoms with Gasteiger partial charge in [0.1, 0.15) is 23.1 Å². The zero-order valence-corrected chi connectivity index (χ0v) is 16.6. The van der Waals surface area contributed by atoms with Crippen molar-refractivity contribution in [2.75, 3.05) is 0 Å². The summed E-state index contributed by atoms with van der Waals surface area (Å²) in [6.07, 6.45) is 5.99. The van der Waals surface area contributed by atoms with Crippen LogP contribution in [0.15, 0.2) is 54.1 Å². The van der Waals surface area contributed by atoms with Crippen LogP contribution in [0.3, 0.4) is 0 Å². The van der Waals surface area contributed by atoms with Gasteiger partial charge in [-0.05, 0) is 66.8 Å². The summed E-state index contributed by atoms with van der Waals surface area (Å²) in [4.78, 5) is 12.6. The molecule has 0 bridgehead atoms. The van der Waals surface area contributed by atoms with Crippen molar-refractivity contribution in [1.29, 1.82) is 5.26 Å². The lowest BCUT2D eigenvalue weighted by atomic mass is 9.86. The summed E-state index contributed by atoms with van der Waals surface area (Å²) in [7, 11) is 0. The molecule has 0 unspecified atom stereocenters. The molecule has 1 amide bonds. The van der Waals surface area contributed by atoms with Gasteiger partial charge in [0.15, 0.2) is 0 Å². The van der Waals surface area contributed by atoms with E-state index >= 15 is 0 Å². The third-order valence-electron chi connectivity index (χ3n) is 5.01. The average Bonchev–Trinajstić information content (AvgIpc) is 2.70. The van der Waals surface area contributed by atoms with E-state index in [1.807, 2.05) is 24.3 Å². The fraction of sp³-hybridized carbons (Fsp3) is 0.304. The Morgan fingerprint density at radius 1 is 1.18 bits per heavy atom. The molecular formula is C23H23ClN2O2. The van der Waals surface area contributed by atoms with Crippen molar-refractivity contribution in [2.45, 2.75) is 38.6 Å². The summed E-state index contributed by atoms with van der Waals surface area (Å²) < 4.78 is 5.81. The Kier molecular flexibility index (Phi) is 6.73. The van der Waals surface area contributed by atoms with Gasteiger partial charge < -0.3 is 10.1 Å². The van der Waals surface area contributed by atoms with Crippen LogP contribution in [0.1, 0.15) is 38.2 Å². The fourth-order valence-electron chi connectivity index (χ4n) is 3.40. The molecule has 28 heavy (non-hydrogen) atoms. The first-order chi connectivity index (χ1) is 13.5. The molecule has 1 aliphatic carbocycles. The lowest BCUT2D eigenvalue weighted by molar-refractivity contribution is -0.118. The van der Waals surface area contributed by atoms with Gasteiger partial charge in [-0.15, -0.1) is 0 Å². The van der Waals surface area contributed by atoms with Crippen LogP contribution in [0.4, 0.5) is 0 Å². The first kappa shape index (κ1) is 20.0. The molecule has 2 aromatic rings. The number of halogens is 1. The monoisotopic (exact) mass is 394 g/mol. The number of hydrogen-bond donors (Lipinski definition) is 1. The molecule has 0 aliphatic heterocycles. The number of nitriles is 1. The van der Waals surface area contributed by atoms with Crippen LogP contribution in [0.25, 0.3) is 6.08 Å². The number of benzene rings is 2. The third kappa shape index (κ3) is 5.37. The predicted octanol–water partition coefficient (Wildman–Crippen LogP) is 5.73. The molecule has 2 atom stereocenters. The Morgan fingerprint density at radius 3 is 2.64 bits per heavy atom. The lowest BCUT2D eigenvalue weighted by Gasteiger charge is -2.29. The van der Waals surface area contributed by atoms with Crippen LogP contribution in [0.5, 0.6) is 11.5 Å². The minimum Gasteiger partial charge on any atom is -0.457 e. The van der Waals surface area contributed by atoms with E-state index in [0.717, 1.165) is 24.8 Å². The number of amides is 1. The van der Waals surface area contributed by atoms with Crippen molar-refractivity contribution in [2.24, 2.45) is 5.92 Å². The molecule has 0 spiro atoms. The van der Waals surface area contributed by atoms with Crippen LogP contribution in [-0.4, -0.2) is 11.9 Å². The van der Waals surface area contributed by atoms with E-state index in [-0.39, 0.29) is 17.5 Å². The number of nitrogens with zero attached hydrogens (tertiary/aromatic N) is 1. The van der Waals surface area contributed by atoms with E-state index in [0.29, 0.717) is 22.4 Å². The van der Waals surface area contributed by atoms with Crippen LogP contribution in [-0.2, 0) is 4.79 Å². The molecular weight excluding hydrogens is 372 g/mol. The topological polar surface area (TPSA) is 62.1 Å². The maximum atomic E-state index is 12.6. The van der Waals surface area contributed by atoms with Gasteiger partial charge in [0.25, 0.3) is 5.91 Å². The number of rotatable bonds is 5. The van der Waals surface area contributed by atoms with Gasteiger partial charge in [-0.2, -0.15) is 5.26 Å². The zero-order chi connectivity index (χ0) is 19.9. The second-order valence-electron chi connectivity index (χ2n) is 7.14. The molecule has 5 heteroatoms. The van der Waals surface area contributed by atoms with Gasteiger partial charge >= 0.3 is 0 Å². The highest BCUT2D eigenvalue weighted by molar-refractivity contribution is 6.30. The van der Waals surface area contributed by atoms with Crippen molar-refractivity contribution >= 4 is 23.6 Å². The normalized spacial score (nSPS) is 19.5. The van der Waals surface area contributed by atoms with Crippen molar-refractivity contribution in [3.8, 4) is 17.6 Å². The molecule has 1 fully saturated rings. The van der Waals surface area contributed by atoms with Gasteiger partial charge in [-0.25, -0.2) is 0 Å². The standard InChI is InChI=1S/C23H23ClN2O2/c1-16-5-2-3-8-22(16)26-23(27)18(15-25)13-17-6-4-7-21(14-17)28-20-11-9-19(24)10-12-20/h4,6-7,9-14,16,22H,2-3,5,8H2,1H3,(H,26,27)/b18-13+/t16-,22-/m1/s1. The second-order valence-corrected chi connectivity index (χ2v) is 7.58. The first-order valence-corrected chi connectivity index (χ1v) is 9.89. The SMILES string of the molecule is C[C@@H]1CCCC[C@H]1NC(=O)/C(C#N)=C/c1cccc(Oc2ccc(Cl)cc2)c1. The van der Waals surface area contributed by atoms with Gasteiger partial charge in [0.2, 0.25) is 0 Å². The maximum absolute atomic E-state index is 12.6. The van der Waals surface area contributed by atoms with Crippen LogP contribution in [0, 0.1) is 17.2 Å². The fourth-order valence-corrected chi connectivity index (χ4v) is 3.52. The van der Waals surface area contributed by atoms with E-state index < -0.39 is 0 Å². The largest absolute Gasteiger partial charge is 0.457 e. The molecule has 0 radical (unpaired) electrons. The Morgan fingerprint density at radius 2 is 1.93 bits per heavy atom. The Bertz CT molecular complexity index is 900. The highest BCUT2D eigenvalue weighted by Crippen LogP contribution is 2.26. The maximum Gasteiger partial charge on any atom is 0.262 e. The average molecular weight is 395 g/mol. The second kappa shape index (κ2) is 9.43. The lowest BCUT2D eigenvalue weighted by Crippen LogP contribution is -2.41. The molecule has 1 saturated carbocycles. The Hall–Kier alpha value is -2.77.